The molecule has 0 bridgehead atoms. The van der Waals surface area contributed by atoms with Crippen molar-refractivity contribution >= 4 is 18.0 Å². The van der Waals surface area contributed by atoms with Gasteiger partial charge in [-0.25, -0.2) is 4.79 Å². The van der Waals surface area contributed by atoms with Crippen molar-refractivity contribution in [3.8, 4) is 11.1 Å². The van der Waals surface area contributed by atoms with Crippen molar-refractivity contribution in [2.75, 3.05) is 39.3 Å². The van der Waals surface area contributed by atoms with E-state index in [1.807, 2.05) is 24.3 Å². The monoisotopic (exact) mass is 437 g/mol. The number of aliphatic carboxylic acids is 1. The highest BCUT2D eigenvalue weighted by atomic mass is 16.5. The topological polar surface area (TPSA) is 99.2 Å². The molecule has 0 radical (unpaired) electrons. The first kappa shape index (κ1) is 21.8. The molecule has 1 atom stereocenters. The zero-order valence-corrected chi connectivity index (χ0v) is 18.0. The lowest BCUT2D eigenvalue weighted by Crippen LogP contribution is -2.54. The standard InChI is InChI=1S/C24H27N3O5/c1-16(23(30)27-12-10-26(11-13-27)14-22(28)29)25-24(31)32-15-21-19-8-4-2-6-17(19)18-7-3-5-9-20(18)21/h2-9,16,21H,10-15H2,1H3,(H,25,31)(H,28,29)/t16-/m1/s1. The summed E-state index contributed by atoms with van der Waals surface area (Å²) in [6, 6.07) is 15.5. The highest BCUT2D eigenvalue weighted by Gasteiger charge is 2.30. The number of ether oxygens (including phenoxy) is 1. The zero-order valence-electron chi connectivity index (χ0n) is 18.0. The Morgan fingerprint density at radius 3 is 2.12 bits per heavy atom. The van der Waals surface area contributed by atoms with Crippen LogP contribution in [0.3, 0.4) is 0 Å². The van der Waals surface area contributed by atoms with Crippen LogP contribution in [0.15, 0.2) is 48.5 Å². The van der Waals surface area contributed by atoms with Crippen molar-refractivity contribution in [3.05, 3.63) is 59.7 Å². The fourth-order valence-corrected chi connectivity index (χ4v) is 4.47. The van der Waals surface area contributed by atoms with Crippen LogP contribution in [0.5, 0.6) is 0 Å². The predicted molar refractivity (Wildman–Crippen MR) is 118 cm³/mol. The zero-order chi connectivity index (χ0) is 22.7. The smallest absolute Gasteiger partial charge is 0.407 e. The molecule has 2 aliphatic rings. The largest absolute Gasteiger partial charge is 0.480 e. The SMILES string of the molecule is C[C@@H](NC(=O)OCC1c2ccccc2-c2ccccc21)C(=O)N1CCN(CC(=O)O)CC1. The lowest BCUT2D eigenvalue weighted by molar-refractivity contribution is -0.139. The summed E-state index contributed by atoms with van der Waals surface area (Å²) < 4.78 is 5.51. The fraction of sp³-hybridized carbons (Fsp3) is 0.375. The molecular weight excluding hydrogens is 410 g/mol. The molecule has 1 fully saturated rings. The maximum atomic E-state index is 12.7. The predicted octanol–water partition coefficient (Wildman–Crippen LogP) is 2.14. The maximum absolute atomic E-state index is 12.7. The van der Waals surface area contributed by atoms with Crippen LogP contribution in [0.4, 0.5) is 4.79 Å². The number of carboxylic acid groups (broad SMARTS) is 1. The first-order valence-electron chi connectivity index (χ1n) is 10.8. The van der Waals surface area contributed by atoms with E-state index in [9.17, 15) is 14.4 Å². The van der Waals surface area contributed by atoms with Crippen molar-refractivity contribution in [2.24, 2.45) is 0 Å². The van der Waals surface area contributed by atoms with Gasteiger partial charge in [-0.2, -0.15) is 0 Å². The van der Waals surface area contributed by atoms with Gasteiger partial charge in [-0.05, 0) is 29.2 Å². The average Bonchev–Trinajstić information content (AvgIpc) is 3.11. The highest BCUT2D eigenvalue weighted by molar-refractivity contribution is 5.85. The number of piperazine rings is 1. The summed E-state index contributed by atoms with van der Waals surface area (Å²) >= 11 is 0. The van der Waals surface area contributed by atoms with Crippen molar-refractivity contribution in [2.45, 2.75) is 18.9 Å². The minimum atomic E-state index is -0.880. The lowest BCUT2D eigenvalue weighted by atomic mass is 9.98. The molecule has 0 saturated carbocycles. The van der Waals surface area contributed by atoms with Crippen LogP contribution < -0.4 is 5.32 Å². The number of fused-ring (bicyclic) bond motifs is 3. The number of carboxylic acids is 1. The number of amides is 2. The Bertz CT molecular complexity index is 971. The molecule has 32 heavy (non-hydrogen) atoms. The number of nitrogens with zero attached hydrogens (tertiary/aromatic N) is 2. The van der Waals surface area contributed by atoms with Crippen LogP contribution in [0, 0.1) is 0 Å². The average molecular weight is 437 g/mol. The van der Waals surface area contributed by atoms with E-state index in [1.165, 1.54) is 0 Å². The Morgan fingerprint density at radius 2 is 1.56 bits per heavy atom. The normalized spacial score (nSPS) is 16.7. The van der Waals surface area contributed by atoms with Gasteiger partial charge in [-0.3, -0.25) is 14.5 Å². The molecule has 1 aliphatic carbocycles. The van der Waals surface area contributed by atoms with Gasteiger partial charge >= 0.3 is 12.1 Å². The number of carbonyl (C=O) groups is 3. The molecule has 8 nitrogen and oxygen atoms in total. The molecule has 1 saturated heterocycles. The summed E-state index contributed by atoms with van der Waals surface area (Å²) in [5.74, 6) is -1.12. The molecule has 0 unspecified atom stereocenters. The number of rotatable bonds is 6. The van der Waals surface area contributed by atoms with E-state index in [2.05, 4.69) is 29.6 Å². The number of nitrogens with one attached hydrogen (secondary N) is 1. The minimum Gasteiger partial charge on any atom is -0.480 e. The molecule has 0 spiro atoms. The van der Waals surface area contributed by atoms with Crippen LogP contribution in [-0.2, 0) is 14.3 Å². The third kappa shape index (κ3) is 4.60. The van der Waals surface area contributed by atoms with E-state index in [0.717, 1.165) is 22.3 Å². The number of hydrogen-bond donors (Lipinski definition) is 2. The van der Waals surface area contributed by atoms with Crippen molar-refractivity contribution in [3.63, 3.8) is 0 Å². The Morgan fingerprint density at radius 1 is 1.00 bits per heavy atom. The van der Waals surface area contributed by atoms with Crippen molar-refractivity contribution in [1.82, 2.24) is 15.1 Å². The number of hydrogen-bond acceptors (Lipinski definition) is 5. The third-order valence-corrected chi connectivity index (χ3v) is 6.09. The molecule has 1 heterocycles. The summed E-state index contributed by atoms with van der Waals surface area (Å²) in [5, 5.41) is 11.5. The maximum Gasteiger partial charge on any atom is 0.407 e. The van der Waals surface area contributed by atoms with Crippen LogP contribution in [0.25, 0.3) is 11.1 Å². The summed E-state index contributed by atoms with van der Waals surface area (Å²) in [4.78, 5) is 39.3. The molecule has 8 heteroatoms. The quantitative estimate of drug-likeness (QED) is 0.719. The van der Waals surface area contributed by atoms with E-state index < -0.39 is 18.1 Å². The van der Waals surface area contributed by atoms with Gasteiger partial charge in [0, 0.05) is 32.1 Å². The Kier molecular flexibility index (Phi) is 6.41. The molecular formula is C24H27N3O5. The Hall–Kier alpha value is -3.39. The minimum absolute atomic E-state index is 0.0322. The summed E-state index contributed by atoms with van der Waals surface area (Å²) in [7, 11) is 0. The lowest BCUT2D eigenvalue weighted by Gasteiger charge is -2.35. The van der Waals surface area contributed by atoms with E-state index in [4.69, 9.17) is 9.84 Å². The van der Waals surface area contributed by atoms with Crippen molar-refractivity contribution in [1.29, 1.82) is 0 Å². The summed E-state index contributed by atoms with van der Waals surface area (Å²) in [5.41, 5.74) is 4.57. The molecule has 1 aliphatic heterocycles. The Labute approximate surface area is 186 Å². The molecule has 2 aromatic carbocycles. The van der Waals surface area contributed by atoms with Gasteiger partial charge in [0.1, 0.15) is 12.6 Å². The number of carbonyl (C=O) groups excluding carboxylic acids is 2. The van der Waals surface area contributed by atoms with Gasteiger partial charge in [-0.15, -0.1) is 0 Å². The van der Waals surface area contributed by atoms with Crippen LogP contribution in [0.1, 0.15) is 24.0 Å². The first-order valence-corrected chi connectivity index (χ1v) is 10.8. The molecule has 2 N–H and O–H groups in total. The van der Waals surface area contributed by atoms with E-state index >= 15 is 0 Å². The van der Waals surface area contributed by atoms with Gasteiger partial charge in [0.05, 0.1) is 6.54 Å². The van der Waals surface area contributed by atoms with Gasteiger partial charge in [0.2, 0.25) is 5.91 Å². The van der Waals surface area contributed by atoms with Gasteiger partial charge in [-0.1, -0.05) is 48.5 Å². The summed E-state index contributed by atoms with van der Waals surface area (Å²) in [6.07, 6.45) is -0.628. The summed E-state index contributed by atoms with van der Waals surface area (Å²) in [6.45, 7) is 3.65. The second kappa shape index (κ2) is 9.40. The van der Waals surface area contributed by atoms with Crippen molar-refractivity contribution < 1.29 is 24.2 Å². The first-order chi connectivity index (χ1) is 15.4. The third-order valence-electron chi connectivity index (χ3n) is 6.09. The van der Waals surface area contributed by atoms with Crippen LogP contribution >= 0.6 is 0 Å². The molecule has 0 aromatic heterocycles. The fourth-order valence-electron chi connectivity index (χ4n) is 4.47. The molecule has 4 rings (SSSR count). The molecule has 2 aromatic rings. The van der Waals surface area contributed by atoms with Gasteiger partial charge in [0.25, 0.3) is 0 Å². The van der Waals surface area contributed by atoms with Crippen LogP contribution in [0.2, 0.25) is 0 Å². The number of alkyl carbamates (subject to hydrolysis) is 1. The van der Waals surface area contributed by atoms with E-state index in [-0.39, 0.29) is 25.0 Å². The molecule has 2 amide bonds. The second-order valence-electron chi connectivity index (χ2n) is 8.19. The molecule has 168 valence electrons. The van der Waals surface area contributed by atoms with Gasteiger partial charge < -0.3 is 20.1 Å². The number of benzene rings is 2. The van der Waals surface area contributed by atoms with Crippen LogP contribution in [-0.4, -0.2) is 78.2 Å². The van der Waals surface area contributed by atoms with E-state index in [0.29, 0.717) is 26.2 Å². The second-order valence-corrected chi connectivity index (χ2v) is 8.19. The van der Waals surface area contributed by atoms with E-state index in [1.54, 1.807) is 16.7 Å². The van der Waals surface area contributed by atoms with Gasteiger partial charge in [0.15, 0.2) is 0 Å². The highest BCUT2D eigenvalue weighted by Crippen LogP contribution is 2.44. The Balaban J connectivity index is 1.30.